The average molecular weight is 418 g/mol. The molecule has 1 aliphatic rings. The van der Waals surface area contributed by atoms with Crippen LogP contribution >= 0.6 is 0 Å². The van der Waals surface area contributed by atoms with Gasteiger partial charge in [-0.15, -0.1) is 0 Å². The van der Waals surface area contributed by atoms with Crippen molar-refractivity contribution in [3.63, 3.8) is 0 Å². The Labute approximate surface area is 182 Å². The summed E-state index contributed by atoms with van der Waals surface area (Å²) in [6.45, 7) is 2.15. The van der Waals surface area contributed by atoms with E-state index in [1.54, 1.807) is 4.90 Å². The minimum Gasteiger partial charge on any atom is -0.394 e. The van der Waals surface area contributed by atoms with Crippen LogP contribution < -0.4 is 10.2 Å². The normalized spacial score (nSPS) is 15.0. The number of hydrogen-bond acceptors (Lipinski definition) is 4. The van der Waals surface area contributed by atoms with Crippen LogP contribution in [-0.2, 0) is 16.0 Å². The number of nitrogens with zero attached hydrogens (tertiary/aromatic N) is 2. The van der Waals surface area contributed by atoms with Crippen LogP contribution in [0.5, 0.6) is 0 Å². The molecule has 31 heavy (non-hydrogen) atoms. The summed E-state index contributed by atoms with van der Waals surface area (Å²) < 4.78 is 0. The maximum atomic E-state index is 12.9. The van der Waals surface area contributed by atoms with Crippen molar-refractivity contribution >= 4 is 28.3 Å². The molecule has 1 atom stereocenters. The Hall–Kier alpha value is -3.38. The third kappa shape index (κ3) is 5.03. The summed E-state index contributed by atoms with van der Waals surface area (Å²) in [5.41, 5.74) is 2.01. The number of hydrogen-bond donors (Lipinski definition) is 2. The van der Waals surface area contributed by atoms with E-state index in [0.717, 1.165) is 35.1 Å². The molecule has 4 rings (SSSR count). The largest absolute Gasteiger partial charge is 0.394 e. The highest BCUT2D eigenvalue weighted by molar-refractivity contribution is 5.89. The molecule has 1 saturated heterocycles. The molecule has 160 valence electrons. The number of carbonyl (C=O) groups excluding carboxylic acids is 2. The van der Waals surface area contributed by atoms with E-state index in [2.05, 4.69) is 22.3 Å². The van der Waals surface area contributed by atoms with Gasteiger partial charge >= 0.3 is 0 Å². The SMILES string of the molecule is O=C(Cc1ccc2ccccc2c1)N[C@@H](CO)C(=O)N1CCN(c2ccccc2)CC1. The lowest BCUT2D eigenvalue weighted by Gasteiger charge is -2.37. The van der Waals surface area contributed by atoms with Crippen LogP contribution in [-0.4, -0.2) is 60.6 Å². The summed E-state index contributed by atoms with van der Waals surface area (Å²) in [7, 11) is 0. The minimum atomic E-state index is -0.920. The predicted octanol–water partition coefficient (Wildman–Crippen LogP) is 2.21. The molecule has 1 heterocycles. The molecule has 1 fully saturated rings. The second-order valence-corrected chi connectivity index (χ2v) is 7.81. The van der Waals surface area contributed by atoms with Gasteiger partial charge in [0.05, 0.1) is 13.0 Å². The molecule has 0 aromatic heterocycles. The Kier molecular flexibility index (Phi) is 6.48. The number of amides is 2. The van der Waals surface area contributed by atoms with E-state index in [4.69, 9.17) is 0 Å². The molecule has 0 unspecified atom stereocenters. The Bertz CT molecular complexity index is 1050. The van der Waals surface area contributed by atoms with Crippen LogP contribution in [0.3, 0.4) is 0 Å². The van der Waals surface area contributed by atoms with Crippen molar-refractivity contribution in [1.29, 1.82) is 0 Å². The number of fused-ring (bicyclic) bond motifs is 1. The van der Waals surface area contributed by atoms with Crippen molar-refractivity contribution in [2.75, 3.05) is 37.7 Å². The monoisotopic (exact) mass is 417 g/mol. The van der Waals surface area contributed by atoms with Gasteiger partial charge in [0.1, 0.15) is 6.04 Å². The lowest BCUT2D eigenvalue weighted by Crippen LogP contribution is -2.56. The van der Waals surface area contributed by atoms with E-state index in [1.165, 1.54) is 0 Å². The minimum absolute atomic E-state index is 0.163. The zero-order valence-electron chi connectivity index (χ0n) is 17.4. The Morgan fingerprint density at radius 3 is 2.26 bits per heavy atom. The van der Waals surface area contributed by atoms with Crippen molar-refractivity contribution in [2.45, 2.75) is 12.5 Å². The lowest BCUT2D eigenvalue weighted by molar-refractivity contribution is -0.137. The topological polar surface area (TPSA) is 72.9 Å². The fourth-order valence-electron chi connectivity index (χ4n) is 4.01. The van der Waals surface area contributed by atoms with E-state index in [0.29, 0.717) is 13.1 Å². The number of anilines is 1. The van der Waals surface area contributed by atoms with Gasteiger partial charge in [0.15, 0.2) is 0 Å². The average Bonchev–Trinajstić information content (AvgIpc) is 2.82. The van der Waals surface area contributed by atoms with Crippen LogP contribution in [0.1, 0.15) is 5.56 Å². The van der Waals surface area contributed by atoms with Crippen molar-refractivity contribution in [1.82, 2.24) is 10.2 Å². The Morgan fingerprint density at radius 2 is 1.55 bits per heavy atom. The van der Waals surface area contributed by atoms with Gasteiger partial charge in [0.2, 0.25) is 11.8 Å². The van der Waals surface area contributed by atoms with Gasteiger partial charge in [0.25, 0.3) is 0 Å². The molecule has 0 spiro atoms. The van der Waals surface area contributed by atoms with E-state index < -0.39 is 12.6 Å². The molecule has 0 saturated carbocycles. The highest BCUT2D eigenvalue weighted by Crippen LogP contribution is 2.17. The summed E-state index contributed by atoms with van der Waals surface area (Å²) in [5, 5.41) is 14.6. The number of benzene rings is 3. The number of piperazine rings is 1. The van der Waals surface area contributed by atoms with Crippen molar-refractivity contribution in [3.05, 3.63) is 78.4 Å². The number of aliphatic hydroxyl groups is 1. The second kappa shape index (κ2) is 9.62. The standard InChI is InChI=1S/C25H27N3O3/c29-18-23(25(31)28-14-12-27(13-15-28)22-8-2-1-3-9-22)26-24(30)17-19-10-11-20-6-4-5-7-21(20)16-19/h1-11,16,23,29H,12-15,17-18H2,(H,26,30)/t23-/m0/s1. The van der Waals surface area contributed by atoms with Gasteiger partial charge in [-0.3, -0.25) is 9.59 Å². The molecular weight excluding hydrogens is 390 g/mol. The van der Waals surface area contributed by atoms with Gasteiger partial charge in [-0.2, -0.15) is 0 Å². The number of para-hydroxylation sites is 1. The van der Waals surface area contributed by atoms with Crippen LogP contribution in [0.2, 0.25) is 0 Å². The fraction of sp³-hybridized carbons (Fsp3) is 0.280. The van der Waals surface area contributed by atoms with Crippen molar-refractivity contribution in [3.8, 4) is 0 Å². The molecule has 2 N–H and O–H groups in total. The van der Waals surface area contributed by atoms with Gasteiger partial charge in [-0.25, -0.2) is 0 Å². The first-order chi connectivity index (χ1) is 15.1. The molecule has 6 nitrogen and oxygen atoms in total. The third-order valence-electron chi connectivity index (χ3n) is 5.71. The van der Waals surface area contributed by atoms with Gasteiger partial charge in [-0.1, -0.05) is 60.7 Å². The molecule has 6 heteroatoms. The van der Waals surface area contributed by atoms with Crippen molar-refractivity contribution in [2.24, 2.45) is 0 Å². The summed E-state index contributed by atoms with van der Waals surface area (Å²) in [6.07, 6.45) is 0.163. The summed E-state index contributed by atoms with van der Waals surface area (Å²) in [4.78, 5) is 29.4. The van der Waals surface area contributed by atoms with Crippen LogP contribution in [0, 0.1) is 0 Å². The molecule has 2 amide bonds. The summed E-state index contributed by atoms with van der Waals surface area (Å²) >= 11 is 0. The van der Waals surface area contributed by atoms with E-state index in [-0.39, 0.29) is 18.2 Å². The van der Waals surface area contributed by atoms with E-state index in [1.807, 2.05) is 60.7 Å². The molecule has 0 aliphatic carbocycles. The summed E-state index contributed by atoms with van der Waals surface area (Å²) in [6, 6.07) is 23.0. The van der Waals surface area contributed by atoms with Gasteiger partial charge in [0, 0.05) is 31.9 Å². The smallest absolute Gasteiger partial charge is 0.247 e. The summed E-state index contributed by atoms with van der Waals surface area (Å²) in [5.74, 6) is -0.507. The number of carbonyl (C=O) groups is 2. The molecule has 3 aromatic rings. The Balaban J connectivity index is 1.32. The molecule has 1 aliphatic heterocycles. The maximum Gasteiger partial charge on any atom is 0.247 e. The number of rotatable bonds is 6. The zero-order chi connectivity index (χ0) is 21.6. The quantitative estimate of drug-likeness (QED) is 0.645. The fourth-order valence-corrected chi connectivity index (χ4v) is 4.01. The van der Waals surface area contributed by atoms with Gasteiger partial charge < -0.3 is 20.2 Å². The zero-order valence-corrected chi connectivity index (χ0v) is 17.4. The number of nitrogens with one attached hydrogen (secondary N) is 1. The Morgan fingerprint density at radius 1 is 0.871 bits per heavy atom. The first kappa shape index (κ1) is 20.9. The molecular formula is C25H27N3O3. The van der Waals surface area contributed by atoms with Crippen LogP contribution in [0.4, 0.5) is 5.69 Å². The molecule has 0 bridgehead atoms. The molecule has 0 radical (unpaired) electrons. The lowest BCUT2D eigenvalue weighted by atomic mass is 10.0. The van der Waals surface area contributed by atoms with E-state index in [9.17, 15) is 14.7 Å². The maximum absolute atomic E-state index is 12.9. The third-order valence-corrected chi connectivity index (χ3v) is 5.71. The predicted molar refractivity (Wildman–Crippen MR) is 122 cm³/mol. The second-order valence-electron chi connectivity index (χ2n) is 7.81. The first-order valence-electron chi connectivity index (χ1n) is 10.6. The highest BCUT2D eigenvalue weighted by Gasteiger charge is 2.28. The highest BCUT2D eigenvalue weighted by atomic mass is 16.3. The van der Waals surface area contributed by atoms with Crippen molar-refractivity contribution < 1.29 is 14.7 Å². The molecule has 3 aromatic carbocycles. The first-order valence-corrected chi connectivity index (χ1v) is 10.6. The van der Waals surface area contributed by atoms with Crippen LogP contribution in [0.15, 0.2) is 72.8 Å². The van der Waals surface area contributed by atoms with E-state index >= 15 is 0 Å². The van der Waals surface area contributed by atoms with Gasteiger partial charge in [-0.05, 0) is 28.5 Å². The van der Waals surface area contributed by atoms with Crippen LogP contribution in [0.25, 0.3) is 10.8 Å². The number of aliphatic hydroxyl groups excluding tert-OH is 1.